The summed E-state index contributed by atoms with van der Waals surface area (Å²) in [4.78, 5) is 19.9. The van der Waals surface area contributed by atoms with E-state index < -0.39 is 11.3 Å². The minimum absolute atomic E-state index is 0.0303. The first-order valence-electron chi connectivity index (χ1n) is 13.4. The molecule has 1 unspecified atom stereocenters. The molecule has 9 heteroatoms. The van der Waals surface area contributed by atoms with E-state index in [9.17, 15) is 9.00 Å². The lowest BCUT2D eigenvalue weighted by Gasteiger charge is -2.15. The van der Waals surface area contributed by atoms with Gasteiger partial charge in [0.1, 0.15) is 0 Å². The fourth-order valence-electron chi connectivity index (χ4n) is 5.72. The Morgan fingerprint density at radius 1 is 1.03 bits per heavy atom. The third-order valence-electron chi connectivity index (χ3n) is 7.76. The Morgan fingerprint density at radius 2 is 1.85 bits per heavy atom. The fourth-order valence-corrected chi connectivity index (χ4v) is 6.06. The summed E-state index contributed by atoms with van der Waals surface area (Å²) in [7, 11) is 0. The monoisotopic (exact) mass is 541 g/mol. The summed E-state index contributed by atoms with van der Waals surface area (Å²) in [5, 5.41) is 4.63. The zero-order valence-corrected chi connectivity index (χ0v) is 22.4. The number of carbonyl (C=O) groups excluding carboxylic acids is 1. The molecule has 0 radical (unpaired) electrons. The van der Waals surface area contributed by atoms with E-state index in [0.717, 1.165) is 45.6 Å². The van der Waals surface area contributed by atoms with Gasteiger partial charge in [-0.15, -0.1) is 0 Å². The maximum absolute atomic E-state index is 13.3. The van der Waals surface area contributed by atoms with E-state index in [1.54, 1.807) is 18.3 Å². The lowest BCUT2D eigenvalue weighted by molar-refractivity contribution is 0.0780. The number of aromatic nitrogens is 3. The second-order valence-electron chi connectivity index (χ2n) is 10.4. The van der Waals surface area contributed by atoms with Crippen molar-refractivity contribution in [2.45, 2.75) is 45.2 Å². The van der Waals surface area contributed by atoms with Crippen LogP contribution in [0.25, 0.3) is 22.4 Å². The Hall–Kier alpha value is -3.82. The minimum atomic E-state index is -2.10. The topological polar surface area (TPSA) is 100 Å². The van der Waals surface area contributed by atoms with E-state index in [4.69, 9.17) is 9.54 Å². The van der Waals surface area contributed by atoms with Gasteiger partial charge in [0.05, 0.1) is 11.9 Å². The highest BCUT2D eigenvalue weighted by Crippen LogP contribution is 2.34. The molecule has 1 atom stereocenters. The van der Waals surface area contributed by atoms with Crippen molar-refractivity contribution in [3.05, 3.63) is 89.9 Å². The highest BCUT2D eigenvalue weighted by atomic mass is 32.2. The summed E-state index contributed by atoms with van der Waals surface area (Å²) in [5.74, 6) is 0.744. The van der Waals surface area contributed by atoms with Crippen molar-refractivity contribution in [1.82, 2.24) is 19.7 Å². The number of pyridine rings is 1. The van der Waals surface area contributed by atoms with Gasteiger partial charge in [0.2, 0.25) is 0 Å². The lowest BCUT2D eigenvalue weighted by Crippen LogP contribution is -2.26. The highest BCUT2D eigenvalue weighted by molar-refractivity contribution is 7.80. The van der Waals surface area contributed by atoms with Crippen molar-refractivity contribution < 1.29 is 13.6 Å². The number of hydrogen-bond acceptors (Lipinski definition) is 4. The van der Waals surface area contributed by atoms with E-state index in [0.29, 0.717) is 31.1 Å². The predicted molar refractivity (Wildman–Crippen MR) is 152 cm³/mol. The number of amides is 1. The number of nitrogens with one attached hydrogen (secondary N) is 1. The van der Waals surface area contributed by atoms with Gasteiger partial charge >= 0.3 is 0 Å². The van der Waals surface area contributed by atoms with Crippen LogP contribution < -0.4 is 4.72 Å². The molecule has 0 saturated heterocycles. The predicted octanol–water partition coefficient (Wildman–Crippen LogP) is 5.55. The van der Waals surface area contributed by atoms with Crippen molar-refractivity contribution in [2.24, 2.45) is 5.92 Å². The van der Waals surface area contributed by atoms with E-state index in [1.807, 2.05) is 41.4 Å². The van der Waals surface area contributed by atoms with Crippen LogP contribution in [0.2, 0.25) is 0 Å². The quantitative estimate of drug-likeness (QED) is 0.271. The van der Waals surface area contributed by atoms with Gasteiger partial charge in [-0.1, -0.05) is 43.2 Å². The number of benzene rings is 2. The molecule has 2 aromatic heterocycles. The molecule has 1 saturated carbocycles. The molecule has 2 aliphatic rings. The Morgan fingerprint density at radius 3 is 2.64 bits per heavy atom. The summed E-state index contributed by atoms with van der Waals surface area (Å²) in [6.45, 7) is 2.14. The van der Waals surface area contributed by atoms with Crippen molar-refractivity contribution in [1.29, 1.82) is 0 Å². The smallest absolute Gasteiger partial charge is 0.259 e. The number of carbonyl (C=O) groups is 1. The average molecular weight is 542 g/mol. The van der Waals surface area contributed by atoms with Gasteiger partial charge in [-0.2, -0.15) is 5.10 Å². The minimum Gasteiger partial charge on any atom is -0.334 e. The standard InChI is InChI=1S/C30H31N5O3S/c36-30-28-16-23(9-10-24(28)19-34(30)15-13-21-7-11-26(12-8-21)33-39(37)38)29-27(6-3-14-31-29)25-17-32-35(20-25)18-22-4-1-2-5-22/h3,6-12,14,16-17,20,22,33H,1-2,4-5,13,15,18-19H2,(H,37,38). The van der Waals surface area contributed by atoms with Crippen LogP contribution in [0, 0.1) is 5.92 Å². The molecule has 200 valence electrons. The van der Waals surface area contributed by atoms with Crippen molar-refractivity contribution >= 4 is 22.9 Å². The molecule has 0 bridgehead atoms. The third-order valence-corrected chi connectivity index (χ3v) is 8.17. The lowest BCUT2D eigenvalue weighted by atomic mass is 9.98. The molecule has 6 rings (SSSR count). The fraction of sp³-hybridized carbons (Fsp3) is 0.300. The van der Waals surface area contributed by atoms with Gasteiger partial charge in [0, 0.05) is 60.0 Å². The van der Waals surface area contributed by atoms with Crippen molar-refractivity contribution in [3.63, 3.8) is 0 Å². The number of nitrogens with zero attached hydrogens (tertiary/aromatic N) is 4. The Kier molecular flexibility index (Phi) is 7.26. The van der Waals surface area contributed by atoms with Crippen molar-refractivity contribution in [2.75, 3.05) is 11.3 Å². The average Bonchev–Trinajstić information content (AvgIpc) is 3.70. The first kappa shape index (κ1) is 25.5. The van der Waals surface area contributed by atoms with E-state index >= 15 is 0 Å². The Balaban J connectivity index is 1.17. The SMILES string of the molecule is O=C1c2cc(-c3ncccc3-c3cnn(CC4CCCC4)c3)ccc2CN1CCc1ccc(NS(=O)O)cc1. The van der Waals surface area contributed by atoms with Crippen LogP contribution in [0.4, 0.5) is 5.69 Å². The zero-order chi connectivity index (χ0) is 26.8. The van der Waals surface area contributed by atoms with Gasteiger partial charge in [-0.05, 0) is 60.6 Å². The second-order valence-corrected chi connectivity index (χ2v) is 11.1. The van der Waals surface area contributed by atoms with E-state index in [-0.39, 0.29) is 5.91 Å². The maximum atomic E-state index is 13.3. The van der Waals surface area contributed by atoms with Crippen LogP contribution >= 0.6 is 0 Å². The van der Waals surface area contributed by atoms with Gasteiger partial charge in [0.25, 0.3) is 17.2 Å². The molecule has 8 nitrogen and oxygen atoms in total. The molecule has 4 aromatic rings. The number of rotatable bonds is 9. The number of anilines is 1. The van der Waals surface area contributed by atoms with Crippen LogP contribution in [0.3, 0.4) is 0 Å². The normalized spacial score (nSPS) is 16.0. The summed E-state index contributed by atoms with van der Waals surface area (Å²) < 4.78 is 24.4. The number of hydrogen-bond donors (Lipinski definition) is 2. The molecular weight excluding hydrogens is 510 g/mol. The molecule has 1 fully saturated rings. The van der Waals surface area contributed by atoms with Crippen LogP contribution in [0.1, 0.15) is 47.2 Å². The molecule has 1 aliphatic heterocycles. The largest absolute Gasteiger partial charge is 0.334 e. The van der Waals surface area contributed by atoms with Gasteiger partial charge in [0.15, 0.2) is 0 Å². The van der Waals surface area contributed by atoms with Crippen LogP contribution in [-0.4, -0.2) is 40.9 Å². The molecule has 1 amide bonds. The van der Waals surface area contributed by atoms with Crippen LogP contribution in [-0.2, 0) is 30.8 Å². The molecule has 39 heavy (non-hydrogen) atoms. The van der Waals surface area contributed by atoms with Crippen molar-refractivity contribution in [3.8, 4) is 22.4 Å². The summed E-state index contributed by atoms with van der Waals surface area (Å²) in [6, 6.07) is 17.4. The van der Waals surface area contributed by atoms with E-state index in [2.05, 4.69) is 32.8 Å². The summed E-state index contributed by atoms with van der Waals surface area (Å²) >= 11 is -2.10. The molecule has 3 heterocycles. The molecule has 0 spiro atoms. The second kappa shape index (κ2) is 11.1. The van der Waals surface area contributed by atoms with Crippen LogP contribution in [0.15, 0.2) is 73.2 Å². The van der Waals surface area contributed by atoms with Crippen LogP contribution in [0.5, 0.6) is 0 Å². The molecule has 1 aliphatic carbocycles. The Bertz CT molecular complexity index is 1510. The van der Waals surface area contributed by atoms with Gasteiger partial charge in [-0.25, -0.2) is 4.21 Å². The first-order chi connectivity index (χ1) is 19.0. The maximum Gasteiger partial charge on any atom is 0.259 e. The Labute approximate surface area is 230 Å². The highest BCUT2D eigenvalue weighted by Gasteiger charge is 2.28. The number of fused-ring (bicyclic) bond motifs is 1. The summed E-state index contributed by atoms with van der Waals surface area (Å²) in [5.41, 5.74) is 7.21. The first-order valence-corrected chi connectivity index (χ1v) is 14.5. The molecule has 2 N–H and O–H groups in total. The van der Waals surface area contributed by atoms with Gasteiger partial charge < -0.3 is 4.90 Å². The molecular formula is C30H31N5O3S. The molecule has 2 aromatic carbocycles. The zero-order valence-electron chi connectivity index (χ0n) is 21.6. The third kappa shape index (κ3) is 5.65. The summed E-state index contributed by atoms with van der Waals surface area (Å²) in [6.07, 6.45) is 11.7. The van der Waals surface area contributed by atoms with Gasteiger partial charge in [-0.3, -0.25) is 23.7 Å². The van der Waals surface area contributed by atoms with E-state index in [1.165, 1.54) is 25.7 Å².